The minimum absolute atomic E-state index is 0.284. The van der Waals surface area contributed by atoms with Gasteiger partial charge in [-0.05, 0) is 31.0 Å². The van der Waals surface area contributed by atoms with Crippen LogP contribution in [0.4, 0.5) is 0 Å². The first-order valence-corrected chi connectivity index (χ1v) is 8.49. The molecular formula is C20H20N4O2. The maximum absolute atomic E-state index is 12.5. The lowest BCUT2D eigenvalue weighted by atomic mass is 9.99. The van der Waals surface area contributed by atoms with E-state index in [1.54, 1.807) is 31.1 Å². The minimum Gasteiger partial charge on any atom is -0.461 e. The van der Waals surface area contributed by atoms with Gasteiger partial charge in [0.2, 0.25) is 0 Å². The fourth-order valence-electron chi connectivity index (χ4n) is 3.20. The van der Waals surface area contributed by atoms with Crippen molar-refractivity contribution in [1.29, 1.82) is 5.26 Å². The third kappa shape index (κ3) is 2.88. The number of nitriles is 1. The average molecular weight is 348 g/mol. The van der Waals surface area contributed by atoms with Crippen LogP contribution in [-0.4, -0.2) is 26.7 Å². The fraction of sp³-hybridized carbons (Fsp3) is 0.250. The van der Waals surface area contributed by atoms with E-state index in [4.69, 9.17) is 4.74 Å². The van der Waals surface area contributed by atoms with Crippen LogP contribution in [0, 0.1) is 11.3 Å². The third-order valence-electron chi connectivity index (χ3n) is 4.39. The third-order valence-corrected chi connectivity index (χ3v) is 4.39. The first-order valence-electron chi connectivity index (χ1n) is 8.49. The number of benzene rings is 1. The van der Waals surface area contributed by atoms with Gasteiger partial charge in [-0.15, -0.1) is 0 Å². The average Bonchev–Trinajstić information content (AvgIpc) is 3.27. The predicted molar refractivity (Wildman–Crippen MR) is 98.0 cm³/mol. The van der Waals surface area contributed by atoms with Gasteiger partial charge >= 0.3 is 5.97 Å². The standard InChI is InChI=1S/C20H20N4O2/c1-4-17-16(12-21)18(19(23(17)3)20(25)26-5-2)14-6-8-15(9-7-14)24-11-10-22-13-24/h6-11,13H,4-5H2,1-3H3. The van der Waals surface area contributed by atoms with Crippen molar-refractivity contribution in [3.05, 3.63) is 59.9 Å². The van der Waals surface area contributed by atoms with E-state index in [-0.39, 0.29) is 6.61 Å². The number of carbonyl (C=O) groups is 1. The van der Waals surface area contributed by atoms with Gasteiger partial charge in [0, 0.05) is 36.4 Å². The van der Waals surface area contributed by atoms with Crippen molar-refractivity contribution < 1.29 is 9.53 Å². The second-order valence-electron chi connectivity index (χ2n) is 5.81. The van der Waals surface area contributed by atoms with Gasteiger partial charge in [-0.3, -0.25) is 0 Å². The summed E-state index contributed by atoms with van der Waals surface area (Å²) in [4.78, 5) is 16.6. The van der Waals surface area contributed by atoms with Crippen molar-refractivity contribution in [3.63, 3.8) is 0 Å². The zero-order valence-corrected chi connectivity index (χ0v) is 15.1. The number of imidazole rings is 1. The van der Waals surface area contributed by atoms with Crippen molar-refractivity contribution in [3.8, 4) is 22.9 Å². The second-order valence-corrected chi connectivity index (χ2v) is 5.81. The molecule has 0 aliphatic carbocycles. The Hall–Kier alpha value is -3.33. The van der Waals surface area contributed by atoms with Crippen LogP contribution in [-0.2, 0) is 18.2 Å². The van der Waals surface area contributed by atoms with Crippen LogP contribution >= 0.6 is 0 Å². The molecule has 0 amide bonds. The Labute approximate surface area is 152 Å². The Morgan fingerprint density at radius 3 is 2.54 bits per heavy atom. The van der Waals surface area contributed by atoms with E-state index in [1.165, 1.54) is 0 Å². The molecular weight excluding hydrogens is 328 g/mol. The summed E-state index contributed by atoms with van der Waals surface area (Å²) in [6, 6.07) is 9.96. The number of nitrogens with zero attached hydrogens (tertiary/aromatic N) is 4. The van der Waals surface area contributed by atoms with Crippen LogP contribution in [0.3, 0.4) is 0 Å². The van der Waals surface area contributed by atoms with E-state index in [0.717, 1.165) is 16.9 Å². The number of hydrogen-bond acceptors (Lipinski definition) is 4. The van der Waals surface area contributed by atoms with Crippen LogP contribution in [0.2, 0.25) is 0 Å². The molecule has 0 fully saturated rings. The van der Waals surface area contributed by atoms with E-state index < -0.39 is 5.97 Å². The summed E-state index contributed by atoms with van der Waals surface area (Å²) in [5.41, 5.74) is 4.15. The molecule has 0 radical (unpaired) electrons. The zero-order valence-electron chi connectivity index (χ0n) is 15.1. The Balaban J connectivity index is 2.17. The highest BCUT2D eigenvalue weighted by Gasteiger charge is 2.26. The molecule has 0 spiro atoms. The van der Waals surface area contributed by atoms with Crippen molar-refractivity contribution in [1.82, 2.24) is 14.1 Å². The van der Waals surface area contributed by atoms with E-state index >= 15 is 0 Å². The number of ether oxygens (including phenoxy) is 1. The molecule has 0 atom stereocenters. The lowest BCUT2D eigenvalue weighted by molar-refractivity contribution is 0.0516. The zero-order chi connectivity index (χ0) is 18.7. The first kappa shape index (κ1) is 17.5. The smallest absolute Gasteiger partial charge is 0.355 e. The number of esters is 1. The second kappa shape index (κ2) is 7.28. The molecule has 0 N–H and O–H groups in total. The quantitative estimate of drug-likeness (QED) is 0.662. The maximum atomic E-state index is 12.5. The Morgan fingerprint density at radius 1 is 1.27 bits per heavy atom. The Kier molecular flexibility index (Phi) is 4.90. The van der Waals surface area contributed by atoms with Gasteiger partial charge < -0.3 is 13.9 Å². The lowest BCUT2D eigenvalue weighted by Crippen LogP contribution is -2.12. The monoisotopic (exact) mass is 348 g/mol. The summed E-state index contributed by atoms with van der Waals surface area (Å²) in [6.45, 7) is 4.02. The topological polar surface area (TPSA) is 72.8 Å². The molecule has 6 heteroatoms. The predicted octanol–water partition coefficient (Wildman–Crippen LogP) is 3.49. The molecule has 0 aliphatic heterocycles. The number of carbonyl (C=O) groups excluding carboxylic acids is 1. The van der Waals surface area contributed by atoms with Gasteiger partial charge in [0.15, 0.2) is 0 Å². The molecule has 1 aromatic carbocycles. The molecule has 0 saturated carbocycles. The van der Waals surface area contributed by atoms with Crippen LogP contribution < -0.4 is 0 Å². The highest BCUT2D eigenvalue weighted by atomic mass is 16.5. The molecule has 132 valence electrons. The van der Waals surface area contributed by atoms with Gasteiger partial charge in [0.1, 0.15) is 11.8 Å². The normalized spacial score (nSPS) is 10.5. The molecule has 0 bridgehead atoms. The SMILES string of the molecule is CCOC(=O)c1c(-c2ccc(-n3ccnc3)cc2)c(C#N)c(CC)n1C. The number of hydrogen-bond donors (Lipinski definition) is 0. The largest absolute Gasteiger partial charge is 0.461 e. The molecule has 0 aliphatic rings. The summed E-state index contributed by atoms with van der Waals surface area (Å²) < 4.78 is 8.90. The molecule has 0 unspecified atom stereocenters. The molecule has 3 rings (SSSR count). The first-order chi connectivity index (χ1) is 12.6. The summed E-state index contributed by atoms with van der Waals surface area (Å²) in [6.07, 6.45) is 5.94. The Morgan fingerprint density at radius 2 is 2.00 bits per heavy atom. The van der Waals surface area contributed by atoms with E-state index in [9.17, 15) is 10.1 Å². The van der Waals surface area contributed by atoms with Crippen LogP contribution in [0.1, 0.15) is 35.6 Å². The van der Waals surface area contributed by atoms with Gasteiger partial charge in [-0.25, -0.2) is 9.78 Å². The molecule has 2 heterocycles. The van der Waals surface area contributed by atoms with Crippen molar-refractivity contribution in [2.75, 3.05) is 6.61 Å². The Bertz CT molecular complexity index is 961. The highest BCUT2D eigenvalue weighted by Crippen LogP contribution is 2.33. The van der Waals surface area contributed by atoms with Crippen LogP contribution in [0.15, 0.2) is 43.0 Å². The van der Waals surface area contributed by atoms with Gasteiger partial charge in [0.05, 0.1) is 18.5 Å². The maximum Gasteiger partial charge on any atom is 0.355 e. The van der Waals surface area contributed by atoms with Crippen molar-refractivity contribution in [2.45, 2.75) is 20.3 Å². The van der Waals surface area contributed by atoms with Gasteiger partial charge in [-0.1, -0.05) is 19.1 Å². The van der Waals surface area contributed by atoms with Crippen molar-refractivity contribution >= 4 is 5.97 Å². The molecule has 26 heavy (non-hydrogen) atoms. The fourth-order valence-corrected chi connectivity index (χ4v) is 3.20. The van der Waals surface area contributed by atoms with E-state index in [2.05, 4.69) is 11.1 Å². The molecule has 3 aromatic rings. The molecule has 0 saturated heterocycles. The summed E-state index contributed by atoms with van der Waals surface area (Å²) in [5.74, 6) is -0.417. The van der Waals surface area contributed by atoms with Gasteiger partial charge in [0.25, 0.3) is 0 Å². The molecule has 2 aromatic heterocycles. The van der Waals surface area contributed by atoms with Crippen molar-refractivity contribution in [2.24, 2.45) is 7.05 Å². The van der Waals surface area contributed by atoms with Crippen LogP contribution in [0.25, 0.3) is 16.8 Å². The highest BCUT2D eigenvalue weighted by molar-refractivity contribution is 5.98. The lowest BCUT2D eigenvalue weighted by Gasteiger charge is -2.09. The van der Waals surface area contributed by atoms with E-state index in [0.29, 0.717) is 23.2 Å². The minimum atomic E-state index is -0.417. The molecule has 6 nitrogen and oxygen atoms in total. The number of aromatic nitrogens is 3. The summed E-state index contributed by atoms with van der Waals surface area (Å²) >= 11 is 0. The van der Waals surface area contributed by atoms with E-state index in [1.807, 2.05) is 42.0 Å². The summed E-state index contributed by atoms with van der Waals surface area (Å²) in [7, 11) is 1.80. The number of rotatable bonds is 5. The van der Waals surface area contributed by atoms with Gasteiger partial charge in [-0.2, -0.15) is 5.26 Å². The summed E-state index contributed by atoms with van der Waals surface area (Å²) in [5, 5.41) is 9.72. The van der Waals surface area contributed by atoms with Crippen LogP contribution in [0.5, 0.6) is 0 Å².